The summed E-state index contributed by atoms with van der Waals surface area (Å²) in [6.45, 7) is 3.67. The Labute approximate surface area is 197 Å². The number of hydrogen-bond donors (Lipinski definition) is 1. The van der Waals surface area contributed by atoms with Gasteiger partial charge >= 0.3 is 0 Å². The average molecular weight is 534 g/mol. The van der Waals surface area contributed by atoms with Crippen LogP contribution >= 0.6 is 92.8 Å². The summed E-state index contributed by atoms with van der Waals surface area (Å²) in [6.07, 6.45) is 0. The number of hydrogen-bond acceptors (Lipinski definition) is 4. The normalized spacial score (nSPS) is 14.1. The second kappa shape index (κ2) is 11.1. The zero-order chi connectivity index (χ0) is 20.8. The highest BCUT2D eigenvalue weighted by Crippen LogP contribution is 2.40. The maximum atomic E-state index is 5.79. The van der Waals surface area contributed by atoms with Gasteiger partial charge < -0.3 is 0 Å². The SMILES string of the molecule is CC(Cl)NC(C)Cl.ClC(Cl)(Cl)c1nc(-c2ccccc2)nc(C(Cl)(Cl)Cl)n1. The van der Waals surface area contributed by atoms with E-state index in [0.29, 0.717) is 5.56 Å². The minimum absolute atomic E-state index is 0.0347. The van der Waals surface area contributed by atoms with Crippen molar-refractivity contribution in [3.63, 3.8) is 0 Å². The number of halogens is 8. The van der Waals surface area contributed by atoms with Gasteiger partial charge in [-0.25, -0.2) is 15.0 Å². The fraction of sp³-hybridized carbons (Fsp3) is 0.400. The van der Waals surface area contributed by atoms with Gasteiger partial charge in [0, 0.05) is 5.56 Å². The summed E-state index contributed by atoms with van der Waals surface area (Å²) in [6, 6.07) is 9.02. The van der Waals surface area contributed by atoms with E-state index in [9.17, 15) is 0 Å². The van der Waals surface area contributed by atoms with Crippen molar-refractivity contribution in [2.24, 2.45) is 0 Å². The lowest BCUT2D eigenvalue weighted by molar-refractivity contribution is 0.667. The van der Waals surface area contributed by atoms with E-state index in [2.05, 4.69) is 20.3 Å². The lowest BCUT2D eigenvalue weighted by atomic mass is 10.2. The molecule has 150 valence electrons. The third-order valence-corrected chi connectivity index (χ3v) is 3.90. The van der Waals surface area contributed by atoms with E-state index in [-0.39, 0.29) is 28.5 Å². The summed E-state index contributed by atoms with van der Waals surface area (Å²) in [5, 5.41) is 2.84. The van der Waals surface area contributed by atoms with Gasteiger partial charge in [-0.1, -0.05) is 99.9 Å². The predicted molar refractivity (Wildman–Crippen MR) is 118 cm³/mol. The lowest BCUT2D eigenvalue weighted by Gasteiger charge is -2.15. The minimum atomic E-state index is -1.85. The molecule has 0 spiro atoms. The van der Waals surface area contributed by atoms with Gasteiger partial charge in [0.05, 0.1) is 11.0 Å². The first kappa shape index (κ1) is 25.5. The highest BCUT2D eigenvalue weighted by Gasteiger charge is 2.33. The first-order valence-corrected chi connectivity index (χ1v) is 10.4. The largest absolute Gasteiger partial charge is 0.286 e. The maximum Gasteiger partial charge on any atom is 0.250 e. The van der Waals surface area contributed by atoms with Crippen LogP contribution in [0.4, 0.5) is 0 Å². The van der Waals surface area contributed by atoms with Crippen LogP contribution in [-0.4, -0.2) is 26.0 Å². The van der Waals surface area contributed by atoms with Crippen molar-refractivity contribution < 1.29 is 0 Å². The molecule has 0 bridgehead atoms. The summed E-state index contributed by atoms with van der Waals surface area (Å²) < 4.78 is -3.70. The van der Waals surface area contributed by atoms with Gasteiger partial charge in [0.2, 0.25) is 7.59 Å². The van der Waals surface area contributed by atoms with Crippen molar-refractivity contribution >= 4 is 92.8 Å². The molecule has 1 heterocycles. The fourth-order valence-electron chi connectivity index (χ4n) is 1.66. The van der Waals surface area contributed by atoms with Gasteiger partial charge in [-0.3, -0.25) is 5.32 Å². The standard InChI is InChI=1S/C11H5Cl6N3.C4H9Cl2N/c12-10(13,14)8-18-7(6-4-2-1-3-5-6)19-9(20-8)11(15,16)17;1-3(5)7-4(2)6/h1-5H;3-4,7H,1-2H3. The van der Waals surface area contributed by atoms with Crippen LogP contribution in [0.1, 0.15) is 25.5 Å². The zero-order valence-electron chi connectivity index (χ0n) is 13.9. The molecule has 2 atom stereocenters. The Morgan fingerprint density at radius 2 is 1.15 bits per heavy atom. The molecule has 2 unspecified atom stereocenters. The first-order chi connectivity index (χ1) is 12.3. The molecule has 0 aliphatic rings. The Kier molecular flexibility index (Phi) is 10.5. The summed E-state index contributed by atoms with van der Waals surface area (Å²) in [5.41, 5.74) is 0.612. The number of benzene rings is 1. The molecule has 0 fully saturated rings. The molecule has 1 aromatic heterocycles. The van der Waals surface area contributed by atoms with Gasteiger partial charge in [0.15, 0.2) is 17.5 Å². The molecule has 27 heavy (non-hydrogen) atoms. The molecule has 1 N–H and O–H groups in total. The van der Waals surface area contributed by atoms with Crippen LogP contribution in [0.3, 0.4) is 0 Å². The van der Waals surface area contributed by atoms with Crippen molar-refractivity contribution in [1.82, 2.24) is 20.3 Å². The molecule has 0 saturated heterocycles. The number of nitrogens with one attached hydrogen (secondary N) is 1. The summed E-state index contributed by atoms with van der Waals surface area (Å²) in [4.78, 5) is 12.1. The number of rotatable bonds is 3. The lowest BCUT2D eigenvalue weighted by Crippen LogP contribution is -2.25. The van der Waals surface area contributed by atoms with Crippen LogP contribution in [-0.2, 0) is 7.59 Å². The average Bonchev–Trinajstić information content (AvgIpc) is 2.53. The number of alkyl halides is 8. The third kappa shape index (κ3) is 9.70. The molecule has 0 aliphatic heterocycles. The van der Waals surface area contributed by atoms with Crippen molar-refractivity contribution in [2.45, 2.75) is 32.4 Å². The van der Waals surface area contributed by atoms with E-state index in [4.69, 9.17) is 92.8 Å². The molecule has 2 rings (SSSR count). The summed E-state index contributed by atoms with van der Waals surface area (Å²) >= 11 is 45.7. The zero-order valence-corrected chi connectivity index (χ0v) is 20.0. The molecular weight excluding hydrogens is 520 g/mol. The number of aromatic nitrogens is 3. The highest BCUT2D eigenvalue weighted by atomic mass is 35.6. The topological polar surface area (TPSA) is 50.7 Å². The van der Waals surface area contributed by atoms with Crippen molar-refractivity contribution in [3.05, 3.63) is 42.0 Å². The van der Waals surface area contributed by atoms with E-state index in [1.807, 2.05) is 32.0 Å². The summed E-state index contributed by atoms with van der Waals surface area (Å²) in [5.74, 6) is 0.0265. The monoisotopic (exact) mass is 530 g/mol. The number of nitrogens with zero attached hydrogens (tertiary/aromatic N) is 3. The summed E-state index contributed by atoms with van der Waals surface area (Å²) in [7, 11) is 0. The Morgan fingerprint density at radius 3 is 1.44 bits per heavy atom. The molecule has 4 nitrogen and oxygen atoms in total. The van der Waals surface area contributed by atoms with Crippen LogP contribution in [0, 0.1) is 0 Å². The maximum absolute atomic E-state index is 5.79. The molecule has 0 aliphatic carbocycles. The highest BCUT2D eigenvalue weighted by molar-refractivity contribution is 6.67. The molecular formula is C15H14Cl8N4. The van der Waals surface area contributed by atoms with Crippen LogP contribution < -0.4 is 5.32 Å². The van der Waals surface area contributed by atoms with Crippen molar-refractivity contribution in [2.75, 3.05) is 0 Å². The Balaban J connectivity index is 0.000000445. The van der Waals surface area contributed by atoms with Gasteiger partial charge in [0.25, 0.3) is 0 Å². The second-order valence-electron chi connectivity index (χ2n) is 5.07. The van der Waals surface area contributed by atoms with Crippen LogP contribution in [0.15, 0.2) is 30.3 Å². The smallest absolute Gasteiger partial charge is 0.250 e. The molecule has 0 amide bonds. The predicted octanol–water partition coefficient (Wildman–Crippen LogP) is 6.94. The van der Waals surface area contributed by atoms with E-state index in [1.165, 1.54) is 0 Å². The molecule has 2 aromatic rings. The molecule has 12 heteroatoms. The van der Waals surface area contributed by atoms with E-state index in [1.54, 1.807) is 12.1 Å². The van der Waals surface area contributed by atoms with Gasteiger partial charge in [-0.2, -0.15) is 0 Å². The van der Waals surface area contributed by atoms with Gasteiger partial charge in [-0.15, -0.1) is 23.2 Å². The van der Waals surface area contributed by atoms with Gasteiger partial charge in [0.1, 0.15) is 0 Å². The minimum Gasteiger partial charge on any atom is -0.286 e. The van der Waals surface area contributed by atoms with E-state index >= 15 is 0 Å². The first-order valence-electron chi connectivity index (χ1n) is 7.30. The third-order valence-electron chi connectivity index (χ3n) is 2.63. The van der Waals surface area contributed by atoms with Crippen LogP contribution in [0.5, 0.6) is 0 Å². The van der Waals surface area contributed by atoms with Crippen LogP contribution in [0.2, 0.25) is 0 Å². The molecule has 0 radical (unpaired) electrons. The quantitative estimate of drug-likeness (QED) is 0.343. The van der Waals surface area contributed by atoms with E-state index in [0.717, 1.165) is 0 Å². The Hall–Kier alpha value is 0.510. The molecule has 1 aromatic carbocycles. The fourth-order valence-corrected chi connectivity index (χ4v) is 2.61. The van der Waals surface area contributed by atoms with E-state index < -0.39 is 7.59 Å². The Bertz CT molecular complexity index is 676. The second-order valence-corrected chi connectivity index (χ2v) is 10.9. The van der Waals surface area contributed by atoms with Crippen molar-refractivity contribution in [1.29, 1.82) is 0 Å². The van der Waals surface area contributed by atoms with Crippen LogP contribution in [0.25, 0.3) is 11.4 Å². The molecule has 0 saturated carbocycles. The van der Waals surface area contributed by atoms with Gasteiger partial charge in [-0.05, 0) is 13.8 Å². The Morgan fingerprint density at radius 1 is 0.741 bits per heavy atom. The van der Waals surface area contributed by atoms with Crippen molar-refractivity contribution in [3.8, 4) is 11.4 Å².